The van der Waals surface area contributed by atoms with Crippen molar-refractivity contribution < 1.29 is 0 Å². The third-order valence-electron chi connectivity index (χ3n) is 2.37. The molecule has 15 heavy (non-hydrogen) atoms. The summed E-state index contributed by atoms with van der Waals surface area (Å²) in [6.07, 6.45) is 5.85. The average Bonchev–Trinajstić information content (AvgIpc) is 2.23. The van der Waals surface area contributed by atoms with Gasteiger partial charge in [0.2, 0.25) is 0 Å². The van der Waals surface area contributed by atoms with Crippen molar-refractivity contribution in [2.24, 2.45) is 0 Å². The third kappa shape index (κ3) is 2.19. The SMILES string of the molecule is CC1C=CC(Cl)=CN1c1ccccc1Cl. The number of anilines is 1. The number of halogens is 2. The van der Waals surface area contributed by atoms with Crippen LogP contribution in [0.2, 0.25) is 5.02 Å². The summed E-state index contributed by atoms with van der Waals surface area (Å²) in [4.78, 5) is 2.06. The summed E-state index contributed by atoms with van der Waals surface area (Å²) in [5.41, 5.74) is 0.981. The lowest BCUT2D eigenvalue weighted by molar-refractivity contribution is 0.846. The van der Waals surface area contributed by atoms with Gasteiger partial charge in [0.1, 0.15) is 0 Å². The largest absolute Gasteiger partial charge is 0.339 e. The van der Waals surface area contributed by atoms with Crippen molar-refractivity contribution in [3.8, 4) is 0 Å². The predicted molar refractivity (Wildman–Crippen MR) is 66.5 cm³/mol. The number of rotatable bonds is 1. The summed E-state index contributed by atoms with van der Waals surface area (Å²) in [6, 6.07) is 8.02. The molecule has 0 aliphatic carbocycles. The molecule has 1 atom stereocenters. The van der Waals surface area contributed by atoms with Gasteiger partial charge >= 0.3 is 0 Å². The smallest absolute Gasteiger partial charge is 0.0643 e. The first-order valence-corrected chi connectivity index (χ1v) is 5.52. The Morgan fingerprint density at radius 3 is 2.67 bits per heavy atom. The Kier molecular flexibility index (Phi) is 3.03. The molecule has 0 aromatic heterocycles. The lowest BCUT2D eigenvalue weighted by Crippen LogP contribution is -2.28. The molecule has 2 rings (SSSR count). The number of para-hydroxylation sites is 1. The second-order valence-electron chi connectivity index (χ2n) is 3.47. The van der Waals surface area contributed by atoms with Crippen molar-refractivity contribution in [3.05, 3.63) is 52.7 Å². The van der Waals surface area contributed by atoms with Crippen LogP contribution in [-0.4, -0.2) is 6.04 Å². The summed E-state index contributed by atoms with van der Waals surface area (Å²) >= 11 is 12.1. The van der Waals surface area contributed by atoms with Gasteiger partial charge in [0.15, 0.2) is 0 Å². The van der Waals surface area contributed by atoms with E-state index in [-0.39, 0.29) is 6.04 Å². The predicted octanol–water partition coefficient (Wildman–Crippen LogP) is 4.18. The standard InChI is InChI=1S/C12H11Cl2N/c1-9-6-7-10(13)8-15(9)12-5-3-2-4-11(12)14/h2-9H,1H3. The first kappa shape index (κ1) is 10.6. The number of allylic oxidation sites excluding steroid dienone is 2. The number of hydrogen-bond acceptors (Lipinski definition) is 1. The van der Waals surface area contributed by atoms with Crippen LogP contribution in [0.4, 0.5) is 5.69 Å². The van der Waals surface area contributed by atoms with E-state index in [2.05, 4.69) is 11.8 Å². The molecule has 78 valence electrons. The minimum Gasteiger partial charge on any atom is -0.339 e. The van der Waals surface area contributed by atoms with Gasteiger partial charge in [-0.2, -0.15) is 0 Å². The fourth-order valence-electron chi connectivity index (χ4n) is 1.57. The Balaban J connectivity index is 2.39. The zero-order chi connectivity index (χ0) is 10.8. The van der Waals surface area contributed by atoms with E-state index >= 15 is 0 Å². The zero-order valence-electron chi connectivity index (χ0n) is 8.32. The molecular formula is C12H11Cl2N. The summed E-state index contributed by atoms with van der Waals surface area (Å²) in [7, 11) is 0. The summed E-state index contributed by atoms with van der Waals surface area (Å²) in [6.45, 7) is 2.10. The van der Waals surface area contributed by atoms with Gasteiger partial charge in [-0.15, -0.1) is 0 Å². The molecule has 0 fully saturated rings. The average molecular weight is 240 g/mol. The molecule has 1 aromatic rings. The first-order chi connectivity index (χ1) is 7.18. The molecule has 0 radical (unpaired) electrons. The Bertz CT molecular complexity index is 423. The van der Waals surface area contributed by atoms with Crippen molar-refractivity contribution >= 4 is 28.9 Å². The summed E-state index contributed by atoms with van der Waals surface area (Å²) in [5.74, 6) is 0. The van der Waals surface area contributed by atoms with Crippen molar-refractivity contribution in [2.75, 3.05) is 4.90 Å². The Morgan fingerprint density at radius 1 is 1.20 bits per heavy atom. The molecule has 1 aromatic carbocycles. The quantitative estimate of drug-likeness (QED) is 0.711. The van der Waals surface area contributed by atoms with Crippen LogP contribution in [0.15, 0.2) is 47.6 Å². The van der Waals surface area contributed by atoms with Gasteiger partial charge in [-0.05, 0) is 25.1 Å². The van der Waals surface area contributed by atoms with Crippen molar-refractivity contribution in [2.45, 2.75) is 13.0 Å². The van der Waals surface area contributed by atoms with Crippen LogP contribution in [0.1, 0.15) is 6.92 Å². The Hall–Kier alpha value is -0.920. The highest BCUT2D eigenvalue weighted by molar-refractivity contribution is 6.33. The Labute approximate surface area is 99.6 Å². The topological polar surface area (TPSA) is 3.24 Å². The molecule has 3 heteroatoms. The zero-order valence-corrected chi connectivity index (χ0v) is 9.83. The van der Waals surface area contributed by atoms with Crippen LogP contribution in [0.5, 0.6) is 0 Å². The maximum absolute atomic E-state index is 6.13. The molecule has 0 spiro atoms. The minimum atomic E-state index is 0.271. The minimum absolute atomic E-state index is 0.271. The summed E-state index contributed by atoms with van der Waals surface area (Å²) in [5, 5.41) is 1.45. The second kappa shape index (κ2) is 4.30. The number of hydrogen-bond donors (Lipinski definition) is 0. The van der Waals surface area contributed by atoms with E-state index in [9.17, 15) is 0 Å². The van der Waals surface area contributed by atoms with E-state index in [1.807, 2.05) is 42.6 Å². The van der Waals surface area contributed by atoms with Crippen LogP contribution in [-0.2, 0) is 0 Å². The van der Waals surface area contributed by atoms with Crippen LogP contribution < -0.4 is 4.90 Å². The number of benzene rings is 1. The molecule has 1 aliphatic rings. The molecule has 0 amide bonds. The van der Waals surface area contributed by atoms with Crippen LogP contribution in [0, 0.1) is 0 Å². The maximum atomic E-state index is 6.13. The maximum Gasteiger partial charge on any atom is 0.0643 e. The van der Waals surface area contributed by atoms with E-state index in [0.717, 1.165) is 10.7 Å². The molecule has 0 bridgehead atoms. The van der Waals surface area contributed by atoms with E-state index < -0.39 is 0 Å². The highest BCUT2D eigenvalue weighted by Crippen LogP contribution is 2.30. The molecule has 1 aliphatic heterocycles. The van der Waals surface area contributed by atoms with E-state index in [1.165, 1.54) is 0 Å². The normalized spacial score (nSPS) is 20.3. The lowest BCUT2D eigenvalue weighted by Gasteiger charge is -2.29. The van der Waals surface area contributed by atoms with Gasteiger partial charge in [-0.25, -0.2) is 0 Å². The lowest BCUT2D eigenvalue weighted by atomic mass is 10.2. The highest BCUT2D eigenvalue weighted by atomic mass is 35.5. The van der Waals surface area contributed by atoms with Crippen LogP contribution in [0.25, 0.3) is 0 Å². The third-order valence-corrected chi connectivity index (χ3v) is 2.91. The van der Waals surface area contributed by atoms with E-state index in [0.29, 0.717) is 5.03 Å². The fourth-order valence-corrected chi connectivity index (χ4v) is 1.98. The molecular weight excluding hydrogens is 229 g/mol. The van der Waals surface area contributed by atoms with Gasteiger partial charge in [-0.3, -0.25) is 0 Å². The van der Waals surface area contributed by atoms with Gasteiger partial charge in [0.25, 0.3) is 0 Å². The van der Waals surface area contributed by atoms with Crippen LogP contribution in [0.3, 0.4) is 0 Å². The molecule has 0 N–H and O–H groups in total. The summed E-state index contributed by atoms with van der Waals surface area (Å²) < 4.78 is 0. The fraction of sp³-hybridized carbons (Fsp3) is 0.167. The Morgan fingerprint density at radius 2 is 1.93 bits per heavy atom. The second-order valence-corrected chi connectivity index (χ2v) is 4.32. The van der Waals surface area contributed by atoms with Gasteiger partial charge in [0, 0.05) is 12.2 Å². The van der Waals surface area contributed by atoms with Crippen molar-refractivity contribution in [3.63, 3.8) is 0 Å². The number of nitrogens with zero attached hydrogens (tertiary/aromatic N) is 1. The van der Waals surface area contributed by atoms with Gasteiger partial charge < -0.3 is 4.90 Å². The molecule has 0 saturated carbocycles. The van der Waals surface area contributed by atoms with E-state index in [1.54, 1.807) is 0 Å². The monoisotopic (exact) mass is 239 g/mol. The van der Waals surface area contributed by atoms with Crippen LogP contribution >= 0.6 is 23.2 Å². The van der Waals surface area contributed by atoms with E-state index in [4.69, 9.17) is 23.2 Å². The van der Waals surface area contributed by atoms with Crippen molar-refractivity contribution in [1.29, 1.82) is 0 Å². The molecule has 0 saturated heterocycles. The van der Waals surface area contributed by atoms with Gasteiger partial charge in [-0.1, -0.05) is 41.4 Å². The van der Waals surface area contributed by atoms with Gasteiger partial charge in [0.05, 0.1) is 15.7 Å². The van der Waals surface area contributed by atoms with Crippen molar-refractivity contribution in [1.82, 2.24) is 0 Å². The molecule has 1 unspecified atom stereocenters. The molecule has 1 nitrogen and oxygen atoms in total. The first-order valence-electron chi connectivity index (χ1n) is 4.77. The molecule has 1 heterocycles. The highest BCUT2D eigenvalue weighted by Gasteiger charge is 2.15.